The van der Waals surface area contributed by atoms with E-state index < -0.39 is 0 Å². The molecule has 1 aliphatic heterocycles. The van der Waals surface area contributed by atoms with Gasteiger partial charge < -0.3 is 15.4 Å². The van der Waals surface area contributed by atoms with Crippen LogP contribution in [0.5, 0.6) is 0 Å². The monoisotopic (exact) mass is 164 g/mol. The molecule has 0 aliphatic carbocycles. The minimum Gasteiger partial charge on any atom is -0.429 e. The van der Waals surface area contributed by atoms with Crippen LogP contribution in [-0.2, 0) is 13.1 Å². The van der Waals surface area contributed by atoms with Gasteiger partial charge in [0.1, 0.15) is 0 Å². The first kappa shape index (κ1) is 9.25. The Balaban J connectivity index is 0.000000213. The highest BCUT2D eigenvalue weighted by atomic mass is 16.4. The maximum absolute atomic E-state index is 7.00. The van der Waals surface area contributed by atoms with Gasteiger partial charge in [0, 0.05) is 13.1 Å². The van der Waals surface area contributed by atoms with Crippen molar-refractivity contribution in [2.75, 3.05) is 0 Å². The maximum Gasteiger partial charge on any atom is 0.482 e. The first-order chi connectivity index (χ1) is 5.88. The molecule has 4 heteroatoms. The first-order valence-corrected chi connectivity index (χ1v) is 3.76. The van der Waals surface area contributed by atoms with E-state index in [1.54, 1.807) is 0 Å². The number of fused-ring (bicyclic) bond motifs is 1. The largest absolute Gasteiger partial charge is 0.482 e. The van der Waals surface area contributed by atoms with Gasteiger partial charge in [0.15, 0.2) is 0 Å². The molecule has 0 atom stereocenters. The molecule has 3 N–H and O–H groups in total. The van der Waals surface area contributed by atoms with Gasteiger partial charge in [-0.25, -0.2) is 0 Å². The molecule has 2 rings (SSSR count). The van der Waals surface area contributed by atoms with Crippen molar-refractivity contribution in [2.45, 2.75) is 13.1 Å². The summed E-state index contributed by atoms with van der Waals surface area (Å²) in [4.78, 5) is 0. The number of nitrogens with one attached hydrogen (secondary N) is 1. The van der Waals surface area contributed by atoms with E-state index in [1.165, 1.54) is 11.1 Å². The van der Waals surface area contributed by atoms with Gasteiger partial charge in [-0.1, -0.05) is 24.3 Å². The molecule has 3 nitrogen and oxygen atoms in total. The van der Waals surface area contributed by atoms with Crippen molar-refractivity contribution in [1.29, 1.82) is 0 Å². The van der Waals surface area contributed by atoms with Crippen molar-refractivity contribution in [3.8, 4) is 0 Å². The summed E-state index contributed by atoms with van der Waals surface area (Å²) in [7, 11) is 0. The molecular formula is C8H11BNO2. The van der Waals surface area contributed by atoms with E-state index in [0.717, 1.165) is 13.1 Å². The van der Waals surface area contributed by atoms with Gasteiger partial charge in [-0.05, 0) is 11.1 Å². The normalized spacial score (nSPS) is 12.8. The van der Waals surface area contributed by atoms with Crippen molar-refractivity contribution in [3.63, 3.8) is 0 Å². The van der Waals surface area contributed by atoms with Gasteiger partial charge in [0.05, 0.1) is 0 Å². The van der Waals surface area contributed by atoms with Crippen LogP contribution in [0, 0.1) is 0 Å². The molecule has 1 aliphatic rings. The van der Waals surface area contributed by atoms with E-state index in [9.17, 15) is 0 Å². The van der Waals surface area contributed by atoms with E-state index >= 15 is 0 Å². The lowest BCUT2D eigenvalue weighted by Gasteiger charge is -1.91. The zero-order chi connectivity index (χ0) is 8.81. The van der Waals surface area contributed by atoms with Crippen LogP contribution >= 0.6 is 0 Å². The summed E-state index contributed by atoms with van der Waals surface area (Å²) < 4.78 is 0. The fourth-order valence-electron chi connectivity index (χ4n) is 1.23. The van der Waals surface area contributed by atoms with E-state index in [-0.39, 0.29) is 7.69 Å². The minimum absolute atomic E-state index is 0. The van der Waals surface area contributed by atoms with Gasteiger partial charge in [-0.3, -0.25) is 0 Å². The molecule has 1 radical (unpaired) electrons. The molecule has 1 aromatic carbocycles. The SMILES string of the molecule is O[B]O.c1ccc2c(c1)CNC2. The molecule has 1 heterocycles. The van der Waals surface area contributed by atoms with Crippen LogP contribution in [-0.4, -0.2) is 17.7 Å². The van der Waals surface area contributed by atoms with Crippen LogP contribution in [0.4, 0.5) is 0 Å². The average molecular weight is 164 g/mol. The van der Waals surface area contributed by atoms with Gasteiger partial charge in [-0.15, -0.1) is 0 Å². The second-order valence-electron chi connectivity index (χ2n) is 2.49. The zero-order valence-electron chi connectivity index (χ0n) is 6.70. The molecule has 0 saturated carbocycles. The lowest BCUT2D eigenvalue weighted by molar-refractivity contribution is 0.448. The van der Waals surface area contributed by atoms with Crippen molar-refractivity contribution in [3.05, 3.63) is 35.4 Å². The Morgan fingerprint density at radius 1 is 1.08 bits per heavy atom. The molecule has 12 heavy (non-hydrogen) atoms. The lowest BCUT2D eigenvalue weighted by Crippen LogP contribution is -1.99. The van der Waals surface area contributed by atoms with Gasteiger partial charge in [0.2, 0.25) is 0 Å². The smallest absolute Gasteiger partial charge is 0.429 e. The summed E-state index contributed by atoms with van der Waals surface area (Å²) in [5.74, 6) is 0. The minimum atomic E-state index is 0. The molecule has 0 bridgehead atoms. The number of hydrogen-bond donors (Lipinski definition) is 3. The summed E-state index contributed by atoms with van der Waals surface area (Å²) in [6.45, 7) is 2.10. The van der Waals surface area contributed by atoms with Crippen LogP contribution < -0.4 is 5.32 Å². The molecule has 0 saturated heterocycles. The van der Waals surface area contributed by atoms with Crippen molar-refractivity contribution >= 4 is 7.69 Å². The standard InChI is InChI=1S/C8H9N.BH2O2/c1-2-4-8-6-9-5-7(8)3-1;2-1-3/h1-4,9H,5-6H2;2-3H. The van der Waals surface area contributed by atoms with E-state index in [4.69, 9.17) is 10.0 Å². The summed E-state index contributed by atoms with van der Waals surface area (Å²) >= 11 is 0. The van der Waals surface area contributed by atoms with Gasteiger partial charge in [-0.2, -0.15) is 0 Å². The van der Waals surface area contributed by atoms with Crippen LogP contribution in [0.2, 0.25) is 0 Å². The number of rotatable bonds is 0. The molecule has 0 fully saturated rings. The second kappa shape index (κ2) is 4.93. The van der Waals surface area contributed by atoms with Crippen LogP contribution in [0.25, 0.3) is 0 Å². The van der Waals surface area contributed by atoms with E-state index in [1.807, 2.05) is 0 Å². The summed E-state index contributed by atoms with van der Waals surface area (Å²) in [5, 5.41) is 17.3. The zero-order valence-corrected chi connectivity index (χ0v) is 6.70. The summed E-state index contributed by atoms with van der Waals surface area (Å²) in [5.41, 5.74) is 2.91. The van der Waals surface area contributed by atoms with Crippen molar-refractivity contribution in [1.82, 2.24) is 5.32 Å². The Labute approximate surface area is 72.4 Å². The van der Waals surface area contributed by atoms with E-state index in [2.05, 4.69) is 29.6 Å². The average Bonchev–Trinajstić information content (AvgIpc) is 2.52. The Bertz CT molecular complexity index is 219. The molecule has 0 unspecified atom stereocenters. The highest BCUT2D eigenvalue weighted by Crippen LogP contribution is 2.12. The van der Waals surface area contributed by atoms with Crippen LogP contribution in [0.1, 0.15) is 11.1 Å². The van der Waals surface area contributed by atoms with E-state index in [0.29, 0.717) is 0 Å². The lowest BCUT2D eigenvalue weighted by atomic mass is 10.1. The number of hydrogen-bond acceptors (Lipinski definition) is 3. The second-order valence-corrected chi connectivity index (χ2v) is 2.49. The third kappa shape index (κ3) is 2.34. The summed E-state index contributed by atoms with van der Waals surface area (Å²) in [6.07, 6.45) is 0. The predicted octanol–water partition coefficient (Wildman–Crippen LogP) is -0.205. The first-order valence-electron chi connectivity index (χ1n) is 3.76. The third-order valence-electron chi connectivity index (χ3n) is 1.75. The topological polar surface area (TPSA) is 52.5 Å². The number of benzene rings is 1. The van der Waals surface area contributed by atoms with Crippen LogP contribution in [0.3, 0.4) is 0 Å². The van der Waals surface area contributed by atoms with Gasteiger partial charge >= 0.3 is 7.69 Å². The Morgan fingerprint density at radius 2 is 1.50 bits per heavy atom. The molecule has 0 aromatic heterocycles. The Kier molecular flexibility index (Phi) is 3.80. The van der Waals surface area contributed by atoms with Crippen molar-refractivity contribution in [2.24, 2.45) is 0 Å². The van der Waals surface area contributed by atoms with Gasteiger partial charge in [0.25, 0.3) is 0 Å². The fraction of sp³-hybridized carbons (Fsp3) is 0.250. The summed E-state index contributed by atoms with van der Waals surface area (Å²) in [6, 6.07) is 8.53. The highest BCUT2D eigenvalue weighted by Gasteiger charge is 2.06. The maximum atomic E-state index is 7.00. The molecular weight excluding hydrogens is 153 g/mol. The molecule has 0 amide bonds. The fourth-order valence-corrected chi connectivity index (χ4v) is 1.23. The van der Waals surface area contributed by atoms with Crippen LogP contribution in [0.15, 0.2) is 24.3 Å². The predicted molar refractivity (Wildman–Crippen MR) is 47.2 cm³/mol. The van der Waals surface area contributed by atoms with Crippen molar-refractivity contribution < 1.29 is 10.0 Å². The molecule has 0 spiro atoms. The molecule has 63 valence electrons. The molecule has 1 aromatic rings. The quantitative estimate of drug-likeness (QED) is 0.465. The Hall–Kier alpha value is -0.835. The third-order valence-corrected chi connectivity index (χ3v) is 1.75. The Morgan fingerprint density at radius 3 is 1.92 bits per heavy atom. The highest BCUT2D eigenvalue weighted by molar-refractivity contribution is 6.13.